The predicted molar refractivity (Wildman–Crippen MR) is 63.8 cm³/mol. The van der Waals surface area contributed by atoms with Crippen LogP contribution in [0.5, 0.6) is 0 Å². The summed E-state index contributed by atoms with van der Waals surface area (Å²) in [6.07, 6.45) is 1.07. The first kappa shape index (κ1) is 13.5. The van der Waals surface area contributed by atoms with E-state index in [-0.39, 0.29) is 10.8 Å². The normalized spacial score (nSPS) is 22.8. The average Bonchev–Trinajstić information content (AvgIpc) is 2.36. The van der Waals surface area contributed by atoms with Crippen LogP contribution in [0.15, 0.2) is 0 Å². The number of hydrogen-bond acceptors (Lipinski definition) is 3. The van der Waals surface area contributed by atoms with Gasteiger partial charge in [-0.3, -0.25) is 4.79 Å². The lowest BCUT2D eigenvalue weighted by molar-refractivity contribution is -0.118. The third kappa shape index (κ3) is 2.56. The summed E-state index contributed by atoms with van der Waals surface area (Å²) >= 11 is 0. The molecule has 1 aliphatic carbocycles. The Labute approximate surface area is 97.7 Å². The largest absolute Gasteiger partial charge is 0.355 e. The zero-order valence-corrected chi connectivity index (χ0v) is 11.4. The summed E-state index contributed by atoms with van der Waals surface area (Å²) in [5.41, 5.74) is 0.427. The molecule has 0 unspecified atom stereocenters. The highest BCUT2D eigenvalue weighted by Crippen LogP contribution is 2.67. The molecule has 0 aromatic heterocycles. The van der Waals surface area contributed by atoms with Gasteiger partial charge < -0.3 is 5.32 Å². The molecule has 0 aromatic carbocycles. The van der Waals surface area contributed by atoms with Gasteiger partial charge in [-0.15, -0.1) is 0 Å². The zero-order valence-electron chi connectivity index (χ0n) is 10.6. The van der Waals surface area contributed by atoms with Crippen LogP contribution >= 0.6 is 0 Å². The molecule has 94 valence electrons. The molecule has 0 heterocycles. The van der Waals surface area contributed by atoms with Gasteiger partial charge in [0.2, 0.25) is 5.91 Å². The van der Waals surface area contributed by atoms with E-state index in [4.69, 9.17) is 0 Å². The minimum absolute atomic E-state index is 0.214. The minimum Gasteiger partial charge on any atom is -0.355 e. The van der Waals surface area contributed by atoms with E-state index >= 15 is 0 Å². The lowest BCUT2D eigenvalue weighted by Gasteiger charge is -2.05. The van der Waals surface area contributed by atoms with E-state index in [9.17, 15) is 13.2 Å². The summed E-state index contributed by atoms with van der Waals surface area (Å²) in [6, 6.07) is 0. The average molecular weight is 247 g/mol. The number of sulfone groups is 1. The van der Waals surface area contributed by atoms with Gasteiger partial charge in [-0.05, 0) is 16.7 Å². The molecule has 0 spiro atoms. The van der Waals surface area contributed by atoms with Crippen molar-refractivity contribution in [2.24, 2.45) is 16.7 Å². The van der Waals surface area contributed by atoms with E-state index in [0.717, 1.165) is 6.26 Å². The smallest absolute Gasteiger partial charge is 0.235 e. The second-order valence-electron chi connectivity index (χ2n) is 5.87. The van der Waals surface area contributed by atoms with Gasteiger partial charge in [0.05, 0.1) is 0 Å². The lowest BCUT2D eigenvalue weighted by Crippen LogP contribution is -2.32. The molecule has 0 radical (unpaired) electrons. The van der Waals surface area contributed by atoms with Crippen molar-refractivity contribution in [2.45, 2.75) is 27.7 Å². The Morgan fingerprint density at radius 1 is 1.19 bits per heavy atom. The molecular weight excluding hydrogens is 226 g/mol. The molecular formula is C11H21NO3S. The van der Waals surface area contributed by atoms with Crippen LogP contribution in [0.4, 0.5) is 0 Å². The molecule has 1 fully saturated rings. The highest BCUT2D eigenvalue weighted by atomic mass is 32.2. The Morgan fingerprint density at radius 3 is 1.94 bits per heavy atom. The first-order valence-electron chi connectivity index (χ1n) is 5.43. The van der Waals surface area contributed by atoms with Crippen molar-refractivity contribution in [2.75, 3.05) is 18.6 Å². The van der Waals surface area contributed by atoms with Gasteiger partial charge in [0.1, 0.15) is 5.75 Å². The second-order valence-corrected chi connectivity index (χ2v) is 8.01. The summed E-state index contributed by atoms with van der Waals surface area (Å²) < 4.78 is 21.8. The summed E-state index contributed by atoms with van der Waals surface area (Å²) in [4.78, 5) is 11.3. The molecule has 0 bridgehead atoms. The third-order valence-electron chi connectivity index (χ3n) is 4.22. The molecule has 4 nitrogen and oxygen atoms in total. The molecule has 1 amide bonds. The number of hydrogen-bond donors (Lipinski definition) is 1. The fourth-order valence-corrected chi connectivity index (χ4v) is 2.93. The van der Waals surface area contributed by atoms with Gasteiger partial charge in [0.15, 0.2) is 9.84 Å². The van der Waals surface area contributed by atoms with Crippen molar-refractivity contribution < 1.29 is 13.2 Å². The topological polar surface area (TPSA) is 63.2 Å². The van der Waals surface area contributed by atoms with Crippen LogP contribution in [0.2, 0.25) is 0 Å². The van der Waals surface area contributed by atoms with Crippen LogP contribution in [0.1, 0.15) is 27.7 Å². The second kappa shape index (κ2) is 3.72. The summed E-state index contributed by atoms with van der Waals surface area (Å²) in [7, 11) is -3.22. The maximum atomic E-state index is 11.3. The molecule has 1 saturated carbocycles. The number of carbonyl (C=O) groups excluding carboxylic acids is 1. The van der Waals surface area contributed by atoms with E-state index < -0.39 is 21.5 Å². The maximum absolute atomic E-state index is 11.3. The Kier molecular flexibility index (Phi) is 3.14. The van der Waals surface area contributed by atoms with E-state index in [0.29, 0.717) is 12.5 Å². The molecule has 16 heavy (non-hydrogen) atoms. The maximum Gasteiger partial charge on any atom is 0.235 e. The van der Waals surface area contributed by atoms with Gasteiger partial charge >= 0.3 is 0 Å². The van der Waals surface area contributed by atoms with Crippen molar-refractivity contribution in [1.29, 1.82) is 0 Å². The van der Waals surface area contributed by atoms with Crippen LogP contribution in [0.25, 0.3) is 0 Å². The van der Waals surface area contributed by atoms with Crippen LogP contribution in [-0.2, 0) is 14.6 Å². The van der Waals surface area contributed by atoms with Gasteiger partial charge in [0.25, 0.3) is 0 Å². The SMILES string of the molecule is CC1(C)C(CNC(=O)CS(C)(=O)=O)C1(C)C. The molecule has 0 saturated heterocycles. The first-order valence-corrected chi connectivity index (χ1v) is 7.49. The van der Waals surface area contributed by atoms with E-state index in [1.165, 1.54) is 0 Å². The molecule has 0 aliphatic heterocycles. The Hall–Kier alpha value is -0.580. The summed E-state index contributed by atoms with van der Waals surface area (Å²) in [6.45, 7) is 9.23. The molecule has 1 aliphatic rings. The minimum atomic E-state index is -3.22. The number of amides is 1. The molecule has 0 atom stereocenters. The number of rotatable bonds is 4. The van der Waals surface area contributed by atoms with E-state index in [1.807, 2.05) is 0 Å². The van der Waals surface area contributed by atoms with E-state index in [2.05, 4.69) is 33.0 Å². The van der Waals surface area contributed by atoms with Crippen LogP contribution < -0.4 is 5.32 Å². The van der Waals surface area contributed by atoms with Gasteiger partial charge in [-0.1, -0.05) is 27.7 Å². The Bertz CT molecular complexity index is 381. The molecule has 1 rings (SSSR count). The van der Waals surface area contributed by atoms with Crippen molar-refractivity contribution in [3.63, 3.8) is 0 Å². The highest BCUT2D eigenvalue weighted by Gasteiger charge is 2.64. The molecule has 1 N–H and O–H groups in total. The first-order chi connectivity index (χ1) is 6.98. The van der Waals surface area contributed by atoms with Crippen molar-refractivity contribution >= 4 is 15.7 Å². The van der Waals surface area contributed by atoms with Gasteiger partial charge in [-0.2, -0.15) is 0 Å². The van der Waals surface area contributed by atoms with Crippen LogP contribution in [0.3, 0.4) is 0 Å². The predicted octanol–water partition coefficient (Wildman–Crippen LogP) is 0.829. The van der Waals surface area contributed by atoms with Crippen molar-refractivity contribution in [1.82, 2.24) is 5.32 Å². The monoisotopic (exact) mass is 247 g/mol. The fourth-order valence-electron chi connectivity index (χ4n) is 2.35. The summed E-state index contributed by atoms with van der Waals surface area (Å²) in [5, 5.41) is 2.69. The molecule has 5 heteroatoms. The fraction of sp³-hybridized carbons (Fsp3) is 0.909. The van der Waals surface area contributed by atoms with E-state index in [1.54, 1.807) is 0 Å². The quantitative estimate of drug-likeness (QED) is 0.800. The third-order valence-corrected chi connectivity index (χ3v) is 5.00. The highest BCUT2D eigenvalue weighted by molar-refractivity contribution is 7.91. The number of carbonyl (C=O) groups is 1. The van der Waals surface area contributed by atoms with Crippen molar-refractivity contribution in [3.8, 4) is 0 Å². The van der Waals surface area contributed by atoms with Crippen molar-refractivity contribution in [3.05, 3.63) is 0 Å². The Morgan fingerprint density at radius 2 is 1.62 bits per heavy atom. The Balaban J connectivity index is 2.41. The molecule has 0 aromatic rings. The van der Waals surface area contributed by atoms with Crippen LogP contribution in [0, 0.1) is 16.7 Å². The number of nitrogens with one attached hydrogen (secondary N) is 1. The van der Waals surface area contributed by atoms with Crippen LogP contribution in [-0.4, -0.2) is 32.9 Å². The summed E-state index contributed by atoms with van der Waals surface area (Å²) in [5.74, 6) is -0.398. The van der Waals surface area contributed by atoms with Gasteiger partial charge in [0, 0.05) is 12.8 Å². The zero-order chi connectivity index (χ0) is 12.8. The van der Waals surface area contributed by atoms with Gasteiger partial charge in [-0.25, -0.2) is 8.42 Å². The lowest BCUT2D eigenvalue weighted by atomic mass is 10.0. The standard InChI is InChI=1S/C11H21NO3S/c1-10(2)8(11(10,3)4)6-12-9(13)7-16(5,14)15/h8H,6-7H2,1-5H3,(H,12,13).